The average molecular weight is 449 g/mol. The van der Waals surface area contributed by atoms with Gasteiger partial charge < -0.3 is 9.63 Å². The summed E-state index contributed by atoms with van der Waals surface area (Å²) in [6, 6.07) is 13.8. The molecule has 148 valence electrons. The molecule has 0 unspecified atom stereocenters. The highest BCUT2D eigenvalue weighted by molar-refractivity contribution is 7.92. The molecule has 2 aromatic carbocycles. The van der Waals surface area contributed by atoms with E-state index in [0.717, 1.165) is 27.1 Å². The number of aryl methyl sites for hydroxylation is 1. The molecule has 1 N–H and O–H groups in total. The molecule has 29 heavy (non-hydrogen) atoms. The van der Waals surface area contributed by atoms with Crippen molar-refractivity contribution in [2.45, 2.75) is 11.9 Å². The number of sulfonamides is 1. The second kappa shape index (κ2) is 7.47. The van der Waals surface area contributed by atoms with E-state index in [9.17, 15) is 13.5 Å². The van der Waals surface area contributed by atoms with Crippen molar-refractivity contribution in [3.63, 3.8) is 0 Å². The first-order valence-electron chi connectivity index (χ1n) is 8.24. The summed E-state index contributed by atoms with van der Waals surface area (Å²) < 4.78 is 33.5. The SMILES string of the molecule is Cc1ccc(-c2csc(NS(=O)(=O)c3c([O-])on[n+]3-c3ccc(Cl)cc3)n2)cc1. The summed E-state index contributed by atoms with van der Waals surface area (Å²) in [5.74, 6) is -1.09. The maximum atomic E-state index is 12.8. The summed E-state index contributed by atoms with van der Waals surface area (Å²) in [4.78, 5) is 4.30. The predicted molar refractivity (Wildman–Crippen MR) is 106 cm³/mol. The van der Waals surface area contributed by atoms with Gasteiger partial charge in [-0.3, -0.25) is 0 Å². The van der Waals surface area contributed by atoms with Crippen molar-refractivity contribution in [3.8, 4) is 22.9 Å². The van der Waals surface area contributed by atoms with Gasteiger partial charge in [0.2, 0.25) is 5.69 Å². The molecule has 0 aliphatic heterocycles. The van der Waals surface area contributed by atoms with Crippen molar-refractivity contribution in [1.29, 1.82) is 0 Å². The van der Waals surface area contributed by atoms with Crippen LogP contribution in [0.15, 0.2) is 63.5 Å². The molecule has 0 saturated carbocycles. The Balaban J connectivity index is 1.66. The number of anilines is 1. The Morgan fingerprint density at radius 1 is 1.14 bits per heavy atom. The lowest BCUT2D eigenvalue weighted by Crippen LogP contribution is -2.40. The summed E-state index contributed by atoms with van der Waals surface area (Å²) in [6.07, 6.45) is 0. The van der Waals surface area contributed by atoms with Gasteiger partial charge in [0.1, 0.15) is 0 Å². The van der Waals surface area contributed by atoms with E-state index in [2.05, 4.69) is 19.5 Å². The standard InChI is InChI=1S/C18H13ClN4O4S2/c1-11-2-4-12(5-3-11)15-10-28-18(20-15)21-29(25,26)16-17(24)27-22-23(16)14-8-6-13(19)7-9-14/h2-10H,1H3,(H-,20,21,22,24). The van der Waals surface area contributed by atoms with Crippen molar-refractivity contribution in [1.82, 2.24) is 10.3 Å². The molecule has 0 atom stereocenters. The van der Waals surface area contributed by atoms with Gasteiger partial charge in [-0.15, -0.1) is 11.3 Å². The largest absolute Gasteiger partial charge is 0.538 e. The van der Waals surface area contributed by atoms with Gasteiger partial charge in [0.05, 0.1) is 11.0 Å². The predicted octanol–water partition coefficient (Wildman–Crippen LogP) is 2.91. The summed E-state index contributed by atoms with van der Waals surface area (Å²) in [5.41, 5.74) is 2.88. The Bertz CT molecular complexity index is 1270. The Labute approximate surface area is 175 Å². The highest BCUT2D eigenvalue weighted by Gasteiger charge is 2.34. The minimum Gasteiger partial charge on any atom is -0.538 e. The van der Waals surface area contributed by atoms with Crippen molar-refractivity contribution in [2.75, 3.05) is 4.72 Å². The van der Waals surface area contributed by atoms with Crippen LogP contribution in [-0.4, -0.2) is 18.7 Å². The quantitative estimate of drug-likeness (QED) is 0.470. The summed E-state index contributed by atoms with van der Waals surface area (Å²) in [6.45, 7) is 1.97. The lowest BCUT2D eigenvalue weighted by atomic mass is 10.1. The first kappa shape index (κ1) is 19.4. The van der Waals surface area contributed by atoms with Crippen LogP contribution in [0.25, 0.3) is 16.9 Å². The molecule has 4 aromatic rings. The number of thiazole rings is 1. The minimum absolute atomic E-state index is 0.115. The van der Waals surface area contributed by atoms with E-state index < -0.39 is 21.0 Å². The number of aromatic nitrogens is 3. The maximum absolute atomic E-state index is 12.8. The molecule has 8 nitrogen and oxygen atoms in total. The number of benzene rings is 2. The third kappa shape index (κ3) is 3.95. The first-order chi connectivity index (χ1) is 13.8. The highest BCUT2D eigenvalue weighted by Crippen LogP contribution is 2.27. The summed E-state index contributed by atoms with van der Waals surface area (Å²) in [5, 5.41) is 17.2. The van der Waals surface area contributed by atoms with Crippen LogP contribution in [0.3, 0.4) is 0 Å². The third-order valence-electron chi connectivity index (χ3n) is 3.97. The second-order valence-corrected chi connectivity index (χ2v) is 8.96. The smallest absolute Gasteiger partial charge is 0.373 e. The Morgan fingerprint density at radius 2 is 1.83 bits per heavy atom. The number of hydrogen-bond donors (Lipinski definition) is 1. The van der Waals surface area contributed by atoms with Crippen LogP contribution < -0.4 is 14.5 Å². The van der Waals surface area contributed by atoms with E-state index in [0.29, 0.717) is 16.4 Å². The highest BCUT2D eigenvalue weighted by atomic mass is 35.5. The maximum Gasteiger partial charge on any atom is 0.373 e. The Morgan fingerprint density at radius 3 is 2.52 bits per heavy atom. The van der Waals surface area contributed by atoms with Gasteiger partial charge in [-0.25, -0.2) is 9.71 Å². The zero-order chi connectivity index (χ0) is 20.6. The minimum atomic E-state index is -4.31. The Hall–Kier alpha value is -2.95. The molecule has 0 aliphatic carbocycles. The number of nitrogens with one attached hydrogen (secondary N) is 1. The van der Waals surface area contributed by atoms with Crippen molar-refractivity contribution in [2.24, 2.45) is 0 Å². The molecule has 2 heterocycles. The molecular weight excluding hydrogens is 436 g/mol. The van der Waals surface area contributed by atoms with Gasteiger partial charge in [-0.2, -0.15) is 8.42 Å². The number of hydrogen-bond acceptors (Lipinski definition) is 7. The van der Waals surface area contributed by atoms with Crippen LogP contribution in [0, 0.1) is 6.92 Å². The van der Waals surface area contributed by atoms with Crippen LogP contribution in [-0.2, 0) is 10.0 Å². The fourth-order valence-corrected chi connectivity index (χ4v) is 4.76. The third-order valence-corrected chi connectivity index (χ3v) is 6.42. The van der Waals surface area contributed by atoms with E-state index in [4.69, 9.17) is 11.6 Å². The molecule has 0 radical (unpaired) electrons. The molecule has 2 aromatic heterocycles. The van der Waals surface area contributed by atoms with Crippen LogP contribution in [0.4, 0.5) is 5.13 Å². The summed E-state index contributed by atoms with van der Waals surface area (Å²) in [7, 11) is -4.31. The van der Waals surface area contributed by atoms with E-state index in [1.807, 2.05) is 31.2 Å². The normalized spacial score (nSPS) is 11.5. The zero-order valence-electron chi connectivity index (χ0n) is 14.9. The van der Waals surface area contributed by atoms with Crippen molar-refractivity contribution < 1.29 is 22.7 Å². The van der Waals surface area contributed by atoms with Crippen molar-refractivity contribution in [3.05, 3.63) is 64.5 Å². The van der Waals surface area contributed by atoms with Crippen molar-refractivity contribution >= 4 is 38.1 Å². The van der Waals surface area contributed by atoms with E-state index >= 15 is 0 Å². The fraction of sp³-hybridized carbons (Fsp3) is 0.0556. The van der Waals surface area contributed by atoms with Gasteiger partial charge in [-0.05, 0) is 23.7 Å². The van der Waals surface area contributed by atoms with Gasteiger partial charge in [-0.1, -0.05) is 41.4 Å². The van der Waals surface area contributed by atoms with Crippen LogP contribution >= 0.6 is 22.9 Å². The van der Waals surface area contributed by atoms with E-state index in [1.54, 1.807) is 17.5 Å². The summed E-state index contributed by atoms with van der Waals surface area (Å²) >= 11 is 6.95. The lowest BCUT2D eigenvalue weighted by Gasteiger charge is -2.02. The molecule has 0 bridgehead atoms. The molecular formula is C18H13ClN4O4S2. The van der Waals surface area contributed by atoms with E-state index in [1.165, 1.54) is 12.1 Å². The van der Waals surface area contributed by atoms with Gasteiger partial charge in [0, 0.05) is 28.1 Å². The molecule has 4 rings (SSSR count). The topological polar surface area (TPSA) is 112 Å². The van der Waals surface area contributed by atoms with Crippen LogP contribution in [0.2, 0.25) is 5.02 Å². The molecule has 0 fully saturated rings. The number of halogens is 1. The molecule has 0 aliphatic rings. The van der Waals surface area contributed by atoms with Crippen LogP contribution in [0.1, 0.15) is 5.56 Å². The van der Waals surface area contributed by atoms with Gasteiger partial charge >= 0.3 is 15.0 Å². The van der Waals surface area contributed by atoms with Crippen LogP contribution in [0.5, 0.6) is 5.95 Å². The molecule has 0 saturated heterocycles. The van der Waals surface area contributed by atoms with Gasteiger partial charge in [0.25, 0.3) is 0 Å². The van der Waals surface area contributed by atoms with Gasteiger partial charge in [0.15, 0.2) is 11.1 Å². The molecule has 0 amide bonds. The zero-order valence-corrected chi connectivity index (χ0v) is 17.3. The first-order valence-corrected chi connectivity index (χ1v) is 11.0. The molecule has 11 heteroatoms. The number of nitrogens with zero attached hydrogens (tertiary/aromatic N) is 3. The second-order valence-electron chi connectivity index (χ2n) is 6.06. The lowest BCUT2D eigenvalue weighted by molar-refractivity contribution is -0.706. The monoisotopic (exact) mass is 448 g/mol. The fourth-order valence-electron chi connectivity index (χ4n) is 2.55. The Kier molecular flexibility index (Phi) is 4.99. The number of rotatable bonds is 5. The average Bonchev–Trinajstić information content (AvgIpc) is 3.29. The van der Waals surface area contributed by atoms with E-state index in [-0.39, 0.29) is 5.13 Å². The molecule has 0 spiro atoms.